The maximum absolute atomic E-state index is 13.4. The smallest absolute Gasteiger partial charge is 0.295 e. The molecule has 9 nitrogen and oxygen atoms in total. The van der Waals surface area contributed by atoms with Crippen LogP contribution in [0, 0.1) is 0 Å². The van der Waals surface area contributed by atoms with Gasteiger partial charge in [-0.1, -0.05) is 31.9 Å². The van der Waals surface area contributed by atoms with E-state index in [2.05, 4.69) is 11.9 Å². The summed E-state index contributed by atoms with van der Waals surface area (Å²) in [5.41, 5.74) is 1.12. The predicted molar refractivity (Wildman–Crippen MR) is 145 cm³/mol. The van der Waals surface area contributed by atoms with Gasteiger partial charge in [0.2, 0.25) is 0 Å². The average Bonchev–Trinajstić information content (AvgIpc) is 3.57. The third-order valence-electron chi connectivity index (χ3n) is 6.92. The number of hydrogen-bond acceptors (Lipinski definition) is 7. The molecule has 1 unspecified atom stereocenters. The van der Waals surface area contributed by atoms with E-state index in [9.17, 15) is 14.7 Å². The summed E-state index contributed by atoms with van der Waals surface area (Å²) in [6.45, 7) is 4.52. The van der Waals surface area contributed by atoms with Crippen molar-refractivity contribution in [1.29, 1.82) is 0 Å². The predicted octanol–water partition coefficient (Wildman–Crippen LogP) is 4.74. The molecule has 39 heavy (non-hydrogen) atoms. The highest BCUT2D eigenvalue weighted by molar-refractivity contribution is 6.46. The van der Waals surface area contributed by atoms with Crippen LogP contribution in [0.1, 0.15) is 49.8 Å². The summed E-state index contributed by atoms with van der Waals surface area (Å²) in [6.07, 6.45) is 8.99. The Bertz CT molecular complexity index is 1350. The molecular formula is C30H33N3O6. The second-order valence-electron chi connectivity index (χ2n) is 9.63. The van der Waals surface area contributed by atoms with Crippen molar-refractivity contribution in [3.63, 3.8) is 0 Å². The molecule has 0 spiro atoms. The minimum atomic E-state index is -0.764. The third kappa shape index (κ3) is 5.77. The molecule has 1 saturated heterocycles. The minimum Gasteiger partial charge on any atom is -0.507 e. The van der Waals surface area contributed by atoms with E-state index in [1.54, 1.807) is 35.6 Å². The molecule has 3 heterocycles. The van der Waals surface area contributed by atoms with Gasteiger partial charge in [0.25, 0.3) is 11.7 Å². The normalized spacial score (nSPS) is 18.0. The molecule has 5 rings (SSSR count). The van der Waals surface area contributed by atoms with Crippen molar-refractivity contribution in [3.05, 3.63) is 77.9 Å². The molecule has 9 heteroatoms. The van der Waals surface area contributed by atoms with Crippen molar-refractivity contribution < 1.29 is 28.9 Å². The third-order valence-corrected chi connectivity index (χ3v) is 6.92. The lowest BCUT2D eigenvalue weighted by atomic mass is 9.95. The fourth-order valence-electron chi connectivity index (χ4n) is 4.96. The summed E-state index contributed by atoms with van der Waals surface area (Å²) >= 11 is 0. The maximum Gasteiger partial charge on any atom is 0.295 e. The molecule has 2 aromatic carbocycles. The number of amides is 1. The van der Waals surface area contributed by atoms with Crippen LogP contribution in [0.4, 0.5) is 0 Å². The Morgan fingerprint density at radius 3 is 2.69 bits per heavy atom. The summed E-state index contributed by atoms with van der Waals surface area (Å²) in [6, 6.07) is 11.7. The summed E-state index contributed by atoms with van der Waals surface area (Å²) in [7, 11) is 0. The molecule has 0 radical (unpaired) electrons. The van der Waals surface area contributed by atoms with Gasteiger partial charge in [0.05, 0.1) is 24.5 Å². The molecule has 0 aliphatic carbocycles. The second-order valence-corrected chi connectivity index (χ2v) is 9.63. The van der Waals surface area contributed by atoms with Gasteiger partial charge in [-0.15, -0.1) is 0 Å². The first-order valence-corrected chi connectivity index (χ1v) is 13.4. The van der Waals surface area contributed by atoms with Crippen LogP contribution in [-0.4, -0.2) is 57.6 Å². The highest BCUT2D eigenvalue weighted by atomic mass is 16.6. The number of carbonyl (C=O) groups is 2. The fraction of sp³-hybridized carbons (Fsp3) is 0.367. The van der Waals surface area contributed by atoms with E-state index in [0.29, 0.717) is 67.7 Å². The topological polar surface area (TPSA) is 103 Å². The minimum absolute atomic E-state index is 0.0439. The number of nitrogens with zero attached hydrogens (tertiary/aromatic N) is 3. The quantitative estimate of drug-likeness (QED) is 0.165. The van der Waals surface area contributed by atoms with Crippen molar-refractivity contribution in [2.45, 2.75) is 45.2 Å². The summed E-state index contributed by atoms with van der Waals surface area (Å²) < 4.78 is 19.1. The number of carbonyl (C=O) groups excluding carboxylic acids is 2. The number of aromatic nitrogens is 2. The number of rotatable bonds is 11. The molecule has 0 bridgehead atoms. The van der Waals surface area contributed by atoms with Gasteiger partial charge in [0.15, 0.2) is 11.5 Å². The highest BCUT2D eigenvalue weighted by Crippen LogP contribution is 2.41. The number of aliphatic hydroxyl groups excluding tert-OH is 1. The Hall–Kier alpha value is -4.27. The lowest BCUT2D eigenvalue weighted by Gasteiger charge is -2.26. The molecule has 0 saturated carbocycles. The van der Waals surface area contributed by atoms with Crippen LogP contribution in [0.2, 0.25) is 0 Å². The molecule has 1 fully saturated rings. The van der Waals surface area contributed by atoms with Crippen molar-refractivity contribution in [1.82, 2.24) is 14.5 Å². The number of unbranched alkanes of at least 4 members (excludes halogenated alkanes) is 2. The summed E-state index contributed by atoms with van der Waals surface area (Å²) in [5, 5.41) is 11.4. The number of ketones is 1. The maximum atomic E-state index is 13.4. The van der Waals surface area contributed by atoms with Crippen LogP contribution in [0.25, 0.3) is 5.76 Å². The standard InChI is InChI=1S/C30H33N3O6/c1-2-3-4-15-37-23-8-5-7-21(18-23)27-26(28(34)22-9-10-24-25(19-22)39-17-16-38-24)29(35)30(36)33(27)13-6-12-32-14-11-31-20-32/h5,7-11,14,18-20,27,34H,2-4,6,12-13,15-17H2,1H3/b28-26-. The van der Waals surface area contributed by atoms with E-state index >= 15 is 0 Å². The van der Waals surface area contributed by atoms with Gasteiger partial charge in [-0.2, -0.15) is 0 Å². The lowest BCUT2D eigenvalue weighted by molar-refractivity contribution is -0.139. The Morgan fingerprint density at radius 2 is 1.90 bits per heavy atom. The van der Waals surface area contributed by atoms with Crippen LogP contribution in [0.3, 0.4) is 0 Å². The SMILES string of the molecule is CCCCCOc1cccc(C2/C(=C(/O)c3ccc4c(c3)OCCO4)C(=O)C(=O)N2CCCn2ccnc2)c1. The monoisotopic (exact) mass is 531 g/mol. The number of benzene rings is 2. The number of ether oxygens (including phenoxy) is 3. The van der Waals surface area contributed by atoms with Gasteiger partial charge in [0, 0.05) is 31.0 Å². The number of aliphatic hydroxyl groups is 1. The van der Waals surface area contributed by atoms with E-state index < -0.39 is 17.7 Å². The molecule has 1 N–H and O–H groups in total. The summed E-state index contributed by atoms with van der Waals surface area (Å²) in [5.74, 6) is 0.109. The number of Topliss-reactive ketones (excluding diaryl/α,β-unsaturated/α-hetero) is 1. The zero-order valence-electron chi connectivity index (χ0n) is 22.0. The molecule has 1 aromatic heterocycles. The summed E-state index contributed by atoms with van der Waals surface area (Å²) in [4.78, 5) is 32.3. The van der Waals surface area contributed by atoms with E-state index in [1.807, 2.05) is 35.0 Å². The Balaban J connectivity index is 1.49. The molecule has 204 valence electrons. The Morgan fingerprint density at radius 1 is 1.05 bits per heavy atom. The van der Waals surface area contributed by atoms with E-state index in [-0.39, 0.29) is 11.3 Å². The van der Waals surface area contributed by atoms with Gasteiger partial charge in [-0.3, -0.25) is 9.59 Å². The average molecular weight is 532 g/mol. The number of aryl methyl sites for hydroxylation is 1. The first-order chi connectivity index (χ1) is 19.1. The van der Waals surface area contributed by atoms with Crippen molar-refractivity contribution in [2.75, 3.05) is 26.4 Å². The largest absolute Gasteiger partial charge is 0.507 e. The number of fused-ring (bicyclic) bond motifs is 1. The van der Waals surface area contributed by atoms with Crippen molar-refractivity contribution in [3.8, 4) is 17.2 Å². The fourth-order valence-corrected chi connectivity index (χ4v) is 4.96. The number of likely N-dealkylation sites (tertiary alicyclic amines) is 1. The molecule has 1 amide bonds. The number of hydrogen-bond donors (Lipinski definition) is 1. The van der Waals surface area contributed by atoms with Gasteiger partial charge in [0.1, 0.15) is 24.7 Å². The van der Waals surface area contributed by atoms with Gasteiger partial charge >= 0.3 is 0 Å². The molecular weight excluding hydrogens is 498 g/mol. The van der Waals surface area contributed by atoms with Gasteiger partial charge < -0.3 is 28.8 Å². The van der Waals surface area contributed by atoms with E-state index in [0.717, 1.165) is 19.3 Å². The molecule has 2 aliphatic rings. The van der Waals surface area contributed by atoms with Crippen LogP contribution in [-0.2, 0) is 16.1 Å². The van der Waals surface area contributed by atoms with Crippen LogP contribution >= 0.6 is 0 Å². The highest BCUT2D eigenvalue weighted by Gasteiger charge is 2.46. The van der Waals surface area contributed by atoms with Crippen LogP contribution < -0.4 is 14.2 Å². The zero-order chi connectivity index (χ0) is 27.2. The first-order valence-electron chi connectivity index (χ1n) is 13.4. The Labute approximate surface area is 227 Å². The lowest BCUT2D eigenvalue weighted by Crippen LogP contribution is -2.31. The number of imidazole rings is 1. The van der Waals surface area contributed by atoms with E-state index in [4.69, 9.17) is 14.2 Å². The van der Waals surface area contributed by atoms with Crippen LogP contribution in [0.15, 0.2) is 66.8 Å². The van der Waals surface area contributed by atoms with Gasteiger partial charge in [-0.05, 0) is 48.7 Å². The Kier molecular flexibility index (Phi) is 8.15. The van der Waals surface area contributed by atoms with Crippen molar-refractivity contribution >= 4 is 17.4 Å². The van der Waals surface area contributed by atoms with Gasteiger partial charge in [-0.25, -0.2) is 4.98 Å². The molecule has 2 aliphatic heterocycles. The van der Waals surface area contributed by atoms with E-state index in [1.165, 1.54) is 0 Å². The molecule has 1 atom stereocenters. The molecule has 3 aromatic rings. The first kappa shape index (κ1) is 26.3. The van der Waals surface area contributed by atoms with Crippen molar-refractivity contribution in [2.24, 2.45) is 0 Å². The van der Waals surface area contributed by atoms with Crippen LogP contribution in [0.5, 0.6) is 17.2 Å². The zero-order valence-corrected chi connectivity index (χ0v) is 22.0. The second kappa shape index (κ2) is 12.1.